The van der Waals surface area contributed by atoms with Gasteiger partial charge in [0.25, 0.3) is 0 Å². The van der Waals surface area contributed by atoms with E-state index in [1.807, 2.05) is 19.1 Å². The first-order valence-corrected chi connectivity index (χ1v) is 6.51. The Morgan fingerprint density at radius 3 is 2.32 bits per heavy atom. The molecule has 0 fully saturated rings. The lowest BCUT2D eigenvalue weighted by Crippen LogP contribution is -2.33. The molecule has 0 aliphatic carbocycles. The zero-order valence-corrected chi connectivity index (χ0v) is 12.5. The highest BCUT2D eigenvalue weighted by Crippen LogP contribution is 2.18. The Balaban J connectivity index is 3.03. The first kappa shape index (κ1) is 15.8. The van der Waals surface area contributed by atoms with Crippen LogP contribution in [-0.2, 0) is 9.47 Å². The quantitative estimate of drug-likeness (QED) is 0.722. The molecule has 2 N–H and O–H groups in total. The van der Waals surface area contributed by atoms with Crippen LogP contribution in [0.1, 0.15) is 11.3 Å². The fourth-order valence-corrected chi connectivity index (χ4v) is 1.86. The zero-order valence-electron chi connectivity index (χ0n) is 11.7. The molecular formula is C13H21N3O2S. The Hall–Kier alpha value is -1.24. The molecule has 106 valence electrons. The summed E-state index contributed by atoms with van der Waals surface area (Å²) in [5, 5.41) is 0. The third kappa shape index (κ3) is 4.74. The van der Waals surface area contributed by atoms with Crippen LogP contribution in [-0.4, -0.2) is 50.5 Å². The minimum Gasteiger partial charge on any atom is -0.389 e. The van der Waals surface area contributed by atoms with Gasteiger partial charge in [-0.05, 0) is 19.1 Å². The molecule has 0 atom stereocenters. The van der Waals surface area contributed by atoms with Crippen LogP contribution in [0.15, 0.2) is 12.1 Å². The van der Waals surface area contributed by atoms with E-state index in [2.05, 4.69) is 9.88 Å². The molecular weight excluding hydrogens is 262 g/mol. The number of nitrogens with zero attached hydrogens (tertiary/aromatic N) is 2. The van der Waals surface area contributed by atoms with Gasteiger partial charge in [-0.2, -0.15) is 0 Å². The number of aromatic nitrogens is 1. The van der Waals surface area contributed by atoms with Crippen molar-refractivity contribution in [1.29, 1.82) is 0 Å². The summed E-state index contributed by atoms with van der Waals surface area (Å²) in [5.41, 5.74) is 7.47. The highest BCUT2D eigenvalue weighted by molar-refractivity contribution is 7.80. The fourth-order valence-electron chi connectivity index (χ4n) is 1.70. The number of rotatable bonds is 8. The van der Waals surface area contributed by atoms with Gasteiger partial charge in [-0.3, -0.25) is 0 Å². The van der Waals surface area contributed by atoms with Crippen molar-refractivity contribution < 1.29 is 9.47 Å². The van der Waals surface area contributed by atoms with Crippen LogP contribution in [0.3, 0.4) is 0 Å². The van der Waals surface area contributed by atoms with E-state index in [0.29, 0.717) is 31.3 Å². The van der Waals surface area contributed by atoms with E-state index in [0.717, 1.165) is 17.1 Å². The van der Waals surface area contributed by atoms with Crippen molar-refractivity contribution in [1.82, 2.24) is 4.98 Å². The molecule has 0 saturated heterocycles. The molecule has 0 amide bonds. The summed E-state index contributed by atoms with van der Waals surface area (Å²) in [6.45, 7) is 4.59. The molecule has 1 heterocycles. The zero-order chi connectivity index (χ0) is 14.3. The SMILES string of the molecule is COCCN(CCOC)c1nc(C)ccc1C(N)=S. The molecule has 0 radical (unpaired) electrons. The predicted octanol–water partition coefficient (Wildman–Crippen LogP) is 1.12. The second-order valence-corrected chi connectivity index (χ2v) is 4.60. The monoisotopic (exact) mass is 283 g/mol. The second kappa shape index (κ2) is 8.04. The first-order valence-electron chi connectivity index (χ1n) is 6.10. The Bertz CT molecular complexity index is 418. The van der Waals surface area contributed by atoms with Crippen molar-refractivity contribution in [3.8, 4) is 0 Å². The van der Waals surface area contributed by atoms with Gasteiger partial charge in [0.15, 0.2) is 0 Å². The highest BCUT2D eigenvalue weighted by Gasteiger charge is 2.14. The van der Waals surface area contributed by atoms with Gasteiger partial charge in [0.1, 0.15) is 10.8 Å². The molecule has 0 aliphatic rings. The smallest absolute Gasteiger partial charge is 0.139 e. The summed E-state index contributed by atoms with van der Waals surface area (Å²) in [6.07, 6.45) is 0. The molecule has 0 bridgehead atoms. The first-order chi connectivity index (χ1) is 9.10. The summed E-state index contributed by atoms with van der Waals surface area (Å²) < 4.78 is 10.3. The minimum absolute atomic E-state index is 0.349. The van der Waals surface area contributed by atoms with Crippen LogP contribution in [0, 0.1) is 6.92 Å². The Labute approximate surface area is 119 Å². The van der Waals surface area contributed by atoms with Gasteiger partial charge in [0, 0.05) is 33.0 Å². The van der Waals surface area contributed by atoms with Crippen molar-refractivity contribution in [3.05, 3.63) is 23.4 Å². The molecule has 0 aromatic carbocycles. The number of aryl methyl sites for hydroxylation is 1. The number of hydrogen-bond acceptors (Lipinski definition) is 5. The summed E-state index contributed by atoms with van der Waals surface area (Å²) in [7, 11) is 3.35. The van der Waals surface area contributed by atoms with Gasteiger partial charge in [-0.25, -0.2) is 4.98 Å². The van der Waals surface area contributed by atoms with E-state index in [1.54, 1.807) is 14.2 Å². The molecule has 0 aliphatic heterocycles. The Morgan fingerprint density at radius 2 is 1.84 bits per heavy atom. The van der Waals surface area contributed by atoms with Gasteiger partial charge >= 0.3 is 0 Å². The lowest BCUT2D eigenvalue weighted by Gasteiger charge is -2.25. The van der Waals surface area contributed by atoms with Crippen LogP contribution in [0.4, 0.5) is 5.82 Å². The Kier molecular flexibility index (Phi) is 6.69. The van der Waals surface area contributed by atoms with Crippen molar-refractivity contribution in [2.24, 2.45) is 5.73 Å². The average Bonchev–Trinajstić information content (AvgIpc) is 2.38. The van der Waals surface area contributed by atoms with E-state index >= 15 is 0 Å². The molecule has 0 saturated carbocycles. The van der Waals surface area contributed by atoms with Crippen LogP contribution in [0.5, 0.6) is 0 Å². The lowest BCUT2D eigenvalue weighted by atomic mass is 10.2. The molecule has 6 heteroatoms. The summed E-state index contributed by atoms with van der Waals surface area (Å²) >= 11 is 5.09. The maximum Gasteiger partial charge on any atom is 0.139 e. The van der Waals surface area contributed by atoms with E-state index in [-0.39, 0.29) is 0 Å². The van der Waals surface area contributed by atoms with Crippen LogP contribution in [0.2, 0.25) is 0 Å². The standard InChI is InChI=1S/C13H21N3O2S/c1-10-4-5-11(12(14)19)13(15-10)16(6-8-17-2)7-9-18-3/h4-5H,6-9H2,1-3H3,(H2,14,19). The highest BCUT2D eigenvalue weighted by atomic mass is 32.1. The summed E-state index contributed by atoms with van der Waals surface area (Å²) in [5.74, 6) is 0.793. The van der Waals surface area contributed by atoms with Crippen molar-refractivity contribution in [2.45, 2.75) is 6.92 Å². The van der Waals surface area contributed by atoms with Gasteiger partial charge in [0.05, 0.1) is 18.8 Å². The normalized spacial score (nSPS) is 10.5. The third-order valence-electron chi connectivity index (χ3n) is 2.71. The number of methoxy groups -OCH3 is 2. The number of ether oxygens (including phenoxy) is 2. The second-order valence-electron chi connectivity index (χ2n) is 4.16. The molecule has 19 heavy (non-hydrogen) atoms. The lowest BCUT2D eigenvalue weighted by molar-refractivity contribution is 0.190. The number of thiocarbonyl (C=S) groups is 1. The number of anilines is 1. The van der Waals surface area contributed by atoms with E-state index in [1.165, 1.54) is 0 Å². The van der Waals surface area contributed by atoms with Crippen molar-refractivity contribution >= 4 is 23.0 Å². The largest absolute Gasteiger partial charge is 0.389 e. The predicted molar refractivity (Wildman–Crippen MR) is 80.8 cm³/mol. The van der Waals surface area contributed by atoms with E-state index in [4.69, 9.17) is 27.4 Å². The summed E-state index contributed by atoms with van der Waals surface area (Å²) in [6, 6.07) is 3.81. The maximum absolute atomic E-state index is 5.76. The van der Waals surface area contributed by atoms with Crippen LogP contribution in [0.25, 0.3) is 0 Å². The molecule has 1 rings (SSSR count). The van der Waals surface area contributed by atoms with Crippen LogP contribution < -0.4 is 10.6 Å². The number of hydrogen-bond donors (Lipinski definition) is 1. The maximum atomic E-state index is 5.76. The molecule has 1 aromatic heterocycles. The number of pyridine rings is 1. The van der Waals surface area contributed by atoms with E-state index in [9.17, 15) is 0 Å². The fraction of sp³-hybridized carbons (Fsp3) is 0.538. The topological polar surface area (TPSA) is 60.6 Å². The Morgan fingerprint density at radius 1 is 1.26 bits per heavy atom. The third-order valence-corrected chi connectivity index (χ3v) is 2.93. The number of nitrogens with two attached hydrogens (primary N) is 1. The van der Waals surface area contributed by atoms with Gasteiger partial charge in [-0.15, -0.1) is 0 Å². The molecule has 5 nitrogen and oxygen atoms in total. The van der Waals surface area contributed by atoms with E-state index < -0.39 is 0 Å². The van der Waals surface area contributed by atoms with Crippen molar-refractivity contribution in [2.75, 3.05) is 45.4 Å². The minimum atomic E-state index is 0.349. The molecule has 0 unspecified atom stereocenters. The molecule has 1 aromatic rings. The van der Waals surface area contributed by atoms with Crippen LogP contribution >= 0.6 is 12.2 Å². The average molecular weight is 283 g/mol. The molecule has 0 spiro atoms. The summed E-state index contributed by atoms with van der Waals surface area (Å²) in [4.78, 5) is 6.98. The van der Waals surface area contributed by atoms with Gasteiger partial charge in [0.2, 0.25) is 0 Å². The van der Waals surface area contributed by atoms with Gasteiger partial charge < -0.3 is 20.1 Å². The van der Waals surface area contributed by atoms with Gasteiger partial charge in [-0.1, -0.05) is 12.2 Å². The van der Waals surface area contributed by atoms with Crippen molar-refractivity contribution in [3.63, 3.8) is 0 Å².